The number of thiophene rings is 1. The zero-order valence-electron chi connectivity index (χ0n) is 14.7. The SMILES string of the molecule is O=C(Cn1cnc2sc(-c3ccccc3)cc2c1=O)OCc1ccccc1Cl. The molecular weight excluding hydrogens is 396 g/mol. The average molecular weight is 411 g/mol. The second-order valence-electron chi connectivity index (χ2n) is 6.13. The third kappa shape index (κ3) is 3.83. The highest BCUT2D eigenvalue weighted by atomic mass is 35.5. The summed E-state index contributed by atoms with van der Waals surface area (Å²) in [5.41, 5.74) is 1.47. The number of benzene rings is 2. The van der Waals surface area contributed by atoms with Crippen molar-refractivity contribution in [3.8, 4) is 10.4 Å². The van der Waals surface area contributed by atoms with Crippen molar-refractivity contribution in [2.75, 3.05) is 0 Å². The smallest absolute Gasteiger partial charge is 0.326 e. The van der Waals surface area contributed by atoms with Crippen LogP contribution in [0.5, 0.6) is 0 Å². The molecule has 28 heavy (non-hydrogen) atoms. The molecule has 140 valence electrons. The molecule has 0 aliphatic carbocycles. The molecule has 2 aromatic heterocycles. The van der Waals surface area contributed by atoms with E-state index >= 15 is 0 Å². The molecule has 0 amide bonds. The summed E-state index contributed by atoms with van der Waals surface area (Å²) in [6.45, 7) is -0.151. The lowest BCUT2D eigenvalue weighted by molar-refractivity contribution is -0.145. The monoisotopic (exact) mass is 410 g/mol. The number of hydrogen-bond donors (Lipinski definition) is 0. The molecule has 0 bridgehead atoms. The molecule has 4 aromatic rings. The minimum absolute atomic E-state index is 0.0551. The van der Waals surface area contributed by atoms with Gasteiger partial charge in [0.15, 0.2) is 0 Å². The highest BCUT2D eigenvalue weighted by Gasteiger charge is 2.13. The van der Waals surface area contributed by atoms with Crippen LogP contribution in [0.2, 0.25) is 5.02 Å². The Morgan fingerprint density at radius 2 is 1.86 bits per heavy atom. The number of nitrogens with zero attached hydrogens (tertiary/aromatic N) is 2. The summed E-state index contributed by atoms with van der Waals surface area (Å²) in [6.07, 6.45) is 1.38. The molecule has 0 aliphatic heterocycles. The zero-order valence-corrected chi connectivity index (χ0v) is 16.2. The summed E-state index contributed by atoms with van der Waals surface area (Å²) in [5, 5.41) is 1.02. The molecule has 0 atom stereocenters. The fourth-order valence-electron chi connectivity index (χ4n) is 2.78. The van der Waals surface area contributed by atoms with E-state index in [9.17, 15) is 9.59 Å². The first-order valence-electron chi connectivity index (χ1n) is 8.55. The van der Waals surface area contributed by atoms with Gasteiger partial charge in [-0.05, 0) is 17.7 Å². The molecular formula is C21H15ClN2O3S. The lowest BCUT2D eigenvalue weighted by Crippen LogP contribution is -2.25. The van der Waals surface area contributed by atoms with E-state index in [1.165, 1.54) is 22.2 Å². The van der Waals surface area contributed by atoms with Gasteiger partial charge in [0.2, 0.25) is 0 Å². The Balaban J connectivity index is 1.52. The van der Waals surface area contributed by atoms with Gasteiger partial charge < -0.3 is 4.74 Å². The second kappa shape index (κ2) is 7.96. The first-order chi connectivity index (χ1) is 13.6. The van der Waals surface area contributed by atoms with E-state index < -0.39 is 5.97 Å². The summed E-state index contributed by atoms with van der Waals surface area (Å²) >= 11 is 7.50. The van der Waals surface area contributed by atoms with E-state index in [4.69, 9.17) is 16.3 Å². The molecule has 0 unspecified atom stereocenters. The number of carbonyl (C=O) groups excluding carboxylic acids is 1. The van der Waals surface area contributed by atoms with Crippen LogP contribution in [0.1, 0.15) is 5.56 Å². The van der Waals surface area contributed by atoms with Crippen LogP contribution in [-0.4, -0.2) is 15.5 Å². The number of fused-ring (bicyclic) bond motifs is 1. The number of rotatable bonds is 5. The van der Waals surface area contributed by atoms with Crippen molar-refractivity contribution in [1.29, 1.82) is 0 Å². The molecule has 0 saturated heterocycles. The van der Waals surface area contributed by atoms with Gasteiger partial charge in [-0.3, -0.25) is 14.2 Å². The van der Waals surface area contributed by atoms with E-state index in [0.717, 1.165) is 10.4 Å². The first kappa shape index (κ1) is 18.4. The highest BCUT2D eigenvalue weighted by Crippen LogP contribution is 2.30. The number of esters is 1. The van der Waals surface area contributed by atoms with Crippen molar-refractivity contribution in [2.24, 2.45) is 0 Å². The molecule has 0 saturated carbocycles. The van der Waals surface area contributed by atoms with Crippen molar-refractivity contribution >= 4 is 39.1 Å². The van der Waals surface area contributed by atoms with Gasteiger partial charge in [0.25, 0.3) is 5.56 Å². The van der Waals surface area contributed by atoms with Crippen LogP contribution in [0.25, 0.3) is 20.7 Å². The quantitative estimate of drug-likeness (QED) is 0.454. The molecule has 0 N–H and O–H groups in total. The van der Waals surface area contributed by atoms with Gasteiger partial charge in [-0.15, -0.1) is 11.3 Å². The highest BCUT2D eigenvalue weighted by molar-refractivity contribution is 7.21. The lowest BCUT2D eigenvalue weighted by Gasteiger charge is -2.07. The van der Waals surface area contributed by atoms with Crippen LogP contribution in [0.4, 0.5) is 0 Å². The Labute approximate surface area is 169 Å². The molecule has 7 heteroatoms. The number of carbonyl (C=O) groups is 1. The van der Waals surface area contributed by atoms with Crippen molar-refractivity contribution < 1.29 is 9.53 Å². The maximum Gasteiger partial charge on any atom is 0.326 e. The van der Waals surface area contributed by atoms with Crippen LogP contribution < -0.4 is 5.56 Å². The fourth-order valence-corrected chi connectivity index (χ4v) is 3.96. The van der Waals surface area contributed by atoms with Gasteiger partial charge in [-0.2, -0.15) is 0 Å². The molecule has 2 heterocycles. The van der Waals surface area contributed by atoms with E-state index in [-0.39, 0.29) is 18.7 Å². The number of hydrogen-bond acceptors (Lipinski definition) is 5. The van der Waals surface area contributed by atoms with Crippen LogP contribution in [-0.2, 0) is 22.7 Å². The summed E-state index contributed by atoms with van der Waals surface area (Å²) in [5.74, 6) is -0.526. The minimum Gasteiger partial charge on any atom is -0.459 e. The number of ether oxygens (including phenoxy) is 1. The van der Waals surface area contributed by atoms with Gasteiger partial charge in [-0.25, -0.2) is 4.98 Å². The number of aromatic nitrogens is 2. The van der Waals surface area contributed by atoms with Crippen molar-refractivity contribution in [3.63, 3.8) is 0 Å². The summed E-state index contributed by atoms with van der Waals surface area (Å²) < 4.78 is 6.51. The normalized spacial score (nSPS) is 10.9. The van der Waals surface area contributed by atoms with Crippen LogP contribution in [0, 0.1) is 0 Å². The molecule has 0 aliphatic rings. The third-order valence-electron chi connectivity index (χ3n) is 4.22. The average Bonchev–Trinajstić information content (AvgIpc) is 3.15. The summed E-state index contributed by atoms with van der Waals surface area (Å²) in [4.78, 5) is 30.8. The van der Waals surface area contributed by atoms with Crippen molar-refractivity contribution in [2.45, 2.75) is 13.2 Å². The predicted molar refractivity (Wildman–Crippen MR) is 111 cm³/mol. The lowest BCUT2D eigenvalue weighted by atomic mass is 10.2. The zero-order chi connectivity index (χ0) is 19.5. The summed E-state index contributed by atoms with van der Waals surface area (Å²) in [7, 11) is 0. The first-order valence-corrected chi connectivity index (χ1v) is 9.75. The Hall–Kier alpha value is -2.96. The minimum atomic E-state index is -0.526. The Kier molecular flexibility index (Phi) is 5.23. The summed E-state index contributed by atoms with van der Waals surface area (Å²) in [6, 6.07) is 18.7. The van der Waals surface area contributed by atoms with Gasteiger partial charge in [0, 0.05) is 15.5 Å². The van der Waals surface area contributed by atoms with E-state index in [1.54, 1.807) is 18.2 Å². The van der Waals surface area contributed by atoms with Gasteiger partial charge in [0.05, 0.1) is 11.7 Å². The maximum atomic E-state index is 12.7. The van der Waals surface area contributed by atoms with Crippen LogP contribution >= 0.6 is 22.9 Å². The Morgan fingerprint density at radius 3 is 2.64 bits per heavy atom. The molecule has 5 nitrogen and oxygen atoms in total. The van der Waals surface area contributed by atoms with Gasteiger partial charge in [0.1, 0.15) is 18.0 Å². The van der Waals surface area contributed by atoms with E-state index in [1.807, 2.05) is 42.5 Å². The van der Waals surface area contributed by atoms with Crippen LogP contribution in [0.15, 0.2) is 71.8 Å². The Morgan fingerprint density at radius 1 is 1.11 bits per heavy atom. The topological polar surface area (TPSA) is 61.2 Å². The van der Waals surface area contributed by atoms with Crippen molar-refractivity contribution in [1.82, 2.24) is 9.55 Å². The van der Waals surface area contributed by atoms with E-state index in [2.05, 4.69) is 4.98 Å². The number of halogens is 1. The Bertz CT molecular complexity index is 1200. The van der Waals surface area contributed by atoms with Gasteiger partial charge >= 0.3 is 5.97 Å². The molecule has 0 spiro atoms. The predicted octanol–water partition coefficient (Wildman–Crippen LogP) is 4.52. The van der Waals surface area contributed by atoms with Crippen molar-refractivity contribution in [3.05, 3.63) is 87.9 Å². The largest absolute Gasteiger partial charge is 0.459 e. The van der Waals surface area contributed by atoms with E-state index in [0.29, 0.717) is 20.8 Å². The fraction of sp³-hybridized carbons (Fsp3) is 0.0952. The molecule has 0 fully saturated rings. The molecule has 4 rings (SSSR count). The molecule has 2 aromatic carbocycles. The standard InChI is InChI=1S/C21H15ClN2O3S/c22-17-9-5-4-8-15(17)12-27-19(25)11-24-13-23-20-16(21(24)26)10-18(28-20)14-6-2-1-3-7-14/h1-10,13H,11-12H2. The van der Waals surface area contributed by atoms with Crippen LogP contribution in [0.3, 0.4) is 0 Å². The maximum absolute atomic E-state index is 12.7. The van der Waals surface area contributed by atoms with Gasteiger partial charge in [-0.1, -0.05) is 60.1 Å². The molecule has 0 radical (unpaired) electrons. The third-order valence-corrected chi connectivity index (χ3v) is 5.68. The second-order valence-corrected chi connectivity index (χ2v) is 7.56.